The van der Waals surface area contributed by atoms with E-state index in [1.807, 2.05) is 4.68 Å². The number of fused-ring (bicyclic) bond motifs is 1. The lowest BCUT2D eigenvalue weighted by Crippen LogP contribution is -2.39. The highest BCUT2D eigenvalue weighted by Crippen LogP contribution is 2.31. The van der Waals surface area contributed by atoms with E-state index in [1.165, 1.54) is 29.7 Å². The Labute approximate surface area is 160 Å². The van der Waals surface area contributed by atoms with Crippen LogP contribution in [0.15, 0.2) is 18.2 Å². The molecule has 1 amide bonds. The maximum absolute atomic E-state index is 12.7. The first kappa shape index (κ1) is 18.9. The smallest absolute Gasteiger partial charge is 0.272 e. The molecule has 6 heteroatoms. The van der Waals surface area contributed by atoms with Gasteiger partial charge in [0, 0.05) is 23.8 Å². The summed E-state index contributed by atoms with van der Waals surface area (Å²) in [5.41, 5.74) is 12.5. The summed E-state index contributed by atoms with van der Waals surface area (Å²) in [4.78, 5) is 12.7. The standard InChI is InChI=1S/C20H26N4O.ClH/c1-12-6-9-17(13(2)10-12)24-18-5-3-4-15(18)19(23-24)20(25)22-11-16(21)14-7-8-14;/h6,9-10,14,16H,3-5,7-8,11,21H2,1-2H3,(H,22,25);1H. The molecule has 5 nitrogen and oxygen atoms in total. The van der Waals surface area contributed by atoms with E-state index in [1.54, 1.807) is 0 Å². The van der Waals surface area contributed by atoms with Gasteiger partial charge in [-0.2, -0.15) is 5.10 Å². The predicted octanol–water partition coefficient (Wildman–Crippen LogP) is 2.87. The minimum atomic E-state index is -0.0854. The lowest BCUT2D eigenvalue weighted by molar-refractivity contribution is 0.0944. The Bertz CT molecular complexity index is 825. The van der Waals surface area contributed by atoms with Crippen LogP contribution in [0.1, 0.15) is 52.1 Å². The first-order valence-corrected chi connectivity index (χ1v) is 9.27. The molecule has 140 valence electrons. The Hall–Kier alpha value is -1.85. The zero-order chi connectivity index (χ0) is 17.6. The normalized spacial score (nSPS) is 16.7. The Kier molecular flexibility index (Phi) is 5.39. The van der Waals surface area contributed by atoms with Crippen molar-refractivity contribution in [3.63, 3.8) is 0 Å². The lowest BCUT2D eigenvalue weighted by atomic mass is 10.1. The summed E-state index contributed by atoms with van der Waals surface area (Å²) in [5, 5.41) is 7.69. The first-order chi connectivity index (χ1) is 12.0. The molecule has 1 aromatic heterocycles. The lowest BCUT2D eigenvalue weighted by Gasteiger charge is -2.11. The summed E-state index contributed by atoms with van der Waals surface area (Å²) >= 11 is 0. The monoisotopic (exact) mass is 374 g/mol. The SMILES string of the molecule is Cc1ccc(-n2nc(C(=O)NCC(N)C3CC3)c3c2CCC3)c(C)c1.Cl. The van der Waals surface area contributed by atoms with Gasteiger partial charge in [0.1, 0.15) is 0 Å². The topological polar surface area (TPSA) is 72.9 Å². The summed E-state index contributed by atoms with van der Waals surface area (Å²) in [7, 11) is 0. The van der Waals surface area contributed by atoms with Gasteiger partial charge in [-0.3, -0.25) is 4.79 Å². The third-order valence-corrected chi connectivity index (χ3v) is 5.45. The van der Waals surface area contributed by atoms with Gasteiger partial charge < -0.3 is 11.1 Å². The summed E-state index contributed by atoms with van der Waals surface area (Å²) in [6.07, 6.45) is 5.36. The molecule has 26 heavy (non-hydrogen) atoms. The molecular weight excluding hydrogens is 348 g/mol. The van der Waals surface area contributed by atoms with Crippen molar-refractivity contribution in [2.45, 2.75) is 52.0 Å². The molecule has 2 aliphatic carbocycles. The summed E-state index contributed by atoms with van der Waals surface area (Å²) in [6.45, 7) is 4.72. The van der Waals surface area contributed by atoms with Gasteiger partial charge in [-0.05, 0) is 63.5 Å². The van der Waals surface area contributed by atoms with Crippen LogP contribution in [-0.2, 0) is 12.8 Å². The van der Waals surface area contributed by atoms with Crippen molar-refractivity contribution in [3.8, 4) is 5.69 Å². The van der Waals surface area contributed by atoms with Crippen molar-refractivity contribution in [2.75, 3.05) is 6.54 Å². The fraction of sp³-hybridized carbons (Fsp3) is 0.500. The molecule has 1 fully saturated rings. The molecule has 0 spiro atoms. The molecular formula is C20H27ClN4O. The highest BCUT2D eigenvalue weighted by atomic mass is 35.5. The maximum Gasteiger partial charge on any atom is 0.272 e. The van der Waals surface area contributed by atoms with Gasteiger partial charge in [0.25, 0.3) is 5.91 Å². The molecule has 0 bridgehead atoms. The Morgan fingerprint density at radius 2 is 2.12 bits per heavy atom. The van der Waals surface area contributed by atoms with Gasteiger partial charge in [0.15, 0.2) is 5.69 Å². The number of benzene rings is 1. The van der Waals surface area contributed by atoms with Crippen LogP contribution in [0.3, 0.4) is 0 Å². The first-order valence-electron chi connectivity index (χ1n) is 9.27. The zero-order valence-corrected chi connectivity index (χ0v) is 16.2. The number of carbonyl (C=O) groups is 1. The number of aryl methyl sites for hydroxylation is 2. The fourth-order valence-electron chi connectivity index (χ4n) is 3.85. The highest BCUT2D eigenvalue weighted by molar-refractivity contribution is 5.94. The summed E-state index contributed by atoms with van der Waals surface area (Å²) in [5.74, 6) is 0.497. The van der Waals surface area contributed by atoms with Crippen LogP contribution in [-0.4, -0.2) is 28.3 Å². The molecule has 1 atom stereocenters. The average molecular weight is 375 g/mol. The van der Waals surface area contributed by atoms with Crippen LogP contribution >= 0.6 is 12.4 Å². The molecule has 0 aliphatic heterocycles. The Morgan fingerprint density at radius 1 is 1.35 bits per heavy atom. The molecule has 3 N–H and O–H groups in total. The maximum atomic E-state index is 12.7. The van der Waals surface area contributed by atoms with Crippen LogP contribution in [0.25, 0.3) is 5.69 Å². The third-order valence-electron chi connectivity index (χ3n) is 5.45. The van der Waals surface area contributed by atoms with E-state index in [0.717, 1.165) is 30.5 Å². The van der Waals surface area contributed by atoms with Gasteiger partial charge in [-0.15, -0.1) is 12.4 Å². The number of nitrogens with zero attached hydrogens (tertiary/aromatic N) is 2. The van der Waals surface area contributed by atoms with Crippen molar-refractivity contribution in [1.82, 2.24) is 15.1 Å². The van der Waals surface area contributed by atoms with Crippen LogP contribution in [0.2, 0.25) is 0 Å². The molecule has 0 radical (unpaired) electrons. The Balaban J connectivity index is 0.00000196. The number of hydrogen-bond donors (Lipinski definition) is 2. The molecule has 1 saturated carbocycles. The van der Waals surface area contributed by atoms with Crippen molar-refractivity contribution in [1.29, 1.82) is 0 Å². The minimum Gasteiger partial charge on any atom is -0.349 e. The molecule has 1 aromatic carbocycles. The van der Waals surface area contributed by atoms with Crippen LogP contribution in [0.5, 0.6) is 0 Å². The van der Waals surface area contributed by atoms with E-state index >= 15 is 0 Å². The molecule has 2 aliphatic rings. The van der Waals surface area contributed by atoms with Crippen LogP contribution < -0.4 is 11.1 Å². The van der Waals surface area contributed by atoms with Gasteiger partial charge in [-0.25, -0.2) is 4.68 Å². The largest absolute Gasteiger partial charge is 0.349 e. The average Bonchev–Trinajstić information content (AvgIpc) is 3.22. The van der Waals surface area contributed by atoms with Crippen molar-refractivity contribution >= 4 is 18.3 Å². The number of rotatable bonds is 5. The minimum absolute atomic E-state index is 0. The van der Waals surface area contributed by atoms with Crippen molar-refractivity contribution < 1.29 is 4.79 Å². The fourth-order valence-corrected chi connectivity index (χ4v) is 3.85. The number of nitrogens with one attached hydrogen (secondary N) is 1. The second-order valence-corrected chi connectivity index (χ2v) is 7.54. The van der Waals surface area contributed by atoms with Crippen LogP contribution in [0.4, 0.5) is 0 Å². The second-order valence-electron chi connectivity index (χ2n) is 7.54. The number of carbonyl (C=O) groups excluding carboxylic acids is 1. The van der Waals surface area contributed by atoms with E-state index in [4.69, 9.17) is 10.8 Å². The molecule has 4 rings (SSSR count). The zero-order valence-electron chi connectivity index (χ0n) is 15.4. The van der Waals surface area contributed by atoms with Crippen LogP contribution in [0, 0.1) is 19.8 Å². The van der Waals surface area contributed by atoms with Crippen molar-refractivity contribution in [2.24, 2.45) is 11.7 Å². The molecule has 0 saturated heterocycles. The number of nitrogens with two attached hydrogens (primary N) is 1. The van der Waals surface area contributed by atoms with E-state index in [0.29, 0.717) is 18.2 Å². The van der Waals surface area contributed by atoms with E-state index in [9.17, 15) is 4.79 Å². The van der Waals surface area contributed by atoms with E-state index in [-0.39, 0.29) is 24.4 Å². The molecule has 1 heterocycles. The van der Waals surface area contributed by atoms with E-state index in [2.05, 4.69) is 37.4 Å². The van der Waals surface area contributed by atoms with Gasteiger partial charge in [0.05, 0.1) is 5.69 Å². The van der Waals surface area contributed by atoms with E-state index < -0.39 is 0 Å². The quantitative estimate of drug-likeness (QED) is 0.845. The molecule has 2 aromatic rings. The number of halogens is 1. The third kappa shape index (κ3) is 3.51. The Morgan fingerprint density at radius 3 is 2.81 bits per heavy atom. The van der Waals surface area contributed by atoms with Gasteiger partial charge in [-0.1, -0.05) is 17.7 Å². The van der Waals surface area contributed by atoms with Crippen molar-refractivity contribution in [3.05, 3.63) is 46.3 Å². The number of amides is 1. The summed E-state index contributed by atoms with van der Waals surface area (Å²) in [6, 6.07) is 6.42. The highest BCUT2D eigenvalue weighted by Gasteiger charge is 2.30. The molecule has 1 unspecified atom stereocenters. The number of aromatic nitrogens is 2. The van der Waals surface area contributed by atoms with Gasteiger partial charge in [0.2, 0.25) is 0 Å². The van der Waals surface area contributed by atoms with Gasteiger partial charge >= 0.3 is 0 Å². The second kappa shape index (κ2) is 7.41. The predicted molar refractivity (Wildman–Crippen MR) is 105 cm³/mol. The summed E-state index contributed by atoms with van der Waals surface area (Å²) < 4.78 is 1.98. The number of hydrogen-bond acceptors (Lipinski definition) is 3.